The van der Waals surface area contributed by atoms with Crippen LogP contribution in [-0.4, -0.2) is 138 Å². The average Bonchev–Trinajstić information content (AvgIpc) is 4.03. The molecule has 0 radical (unpaired) electrons. The first-order valence-electron chi connectivity index (χ1n) is 26.9. The van der Waals surface area contributed by atoms with Gasteiger partial charge in [0.05, 0.1) is 35.3 Å². The molecule has 0 spiro atoms. The Morgan fingerprint density at radius 2 is 0.936 bits per heavy atom. The van der Waals surface area contributed by atoms with E-state index in [-0.39, 0.29) is 97.6 Å². The number of nitrogens with zero attached hydrogens (tertiary/aromatic N) is 3. The van der Waals surface area contributed by atoms with E-state index < -0.39 is 82.8 Å². The summed E-state index contributed by atoms with van der Waals surface area (Å²) in [5.41, 5.74) is 2.95. The maximum absolute atomic E-state index is 14.7. The van der Waals surface area contributed by atoms with E-state index in [1.165, 1.54) is 28.3 Å². The molecule has 3 aromatic rings. The highest BCUT2D eigenvalue weighted by Crippen LogP contribution is 2.34. The molecule has 4 aliphatic rings. The monoisotopic (exact) mass is 1120 g/mol. The predicted molar refractivity (Wildman–Crippen MR) is 302 cm³/mol. The van der Waals surface area contributed by atoms with Crippen molar-refractivity contribution >= 4 is 72.1 Å². The zero-order chi connectivity index (χ0) is 55.2. The van der Waals surface area contributed by atoms with Gasteiger partial charge in [-0.1, -0.05) is 90.1 Å². The summed E-state index contributed by atoms with van der Waals surface area (Å²) in [6.07, 6.45) is 7.79. The van der Waals surface area contributed by atoms with Crippen molar-refractivity contribution in [3.8, 4) is 0 Å². The molecule has 78 heavy (non-hydrogen) atoms. The molecule has 2 fully saturated rings. The number of carbonyl (C=O) groups excluding carboxylic acids is 8. The second-order valence-corrected chi connectivity index (χ2v) is 23.2. The Kier molecular flexibility index (Phi) is 21.4. The molecule has 10 atom stereocenters. The summed E-state index contributed by atoms with van der Waals surface area (Å²) in [5, 5.41) is 24.0. The van der Waals surface area contributed by atoms with Gasteiger partial charge in [-0.3, -0.25) is 43.3 Å². The van der Waals surface area contributed by atoms with Crippen LogP contribution in [-0.2, 0) is 41.6 Å². The van der Waals surface area contributed by atoms with E-state index in [0.717, 1.165) is 60.8 Å². The van der Waals surface area contributed by atoms with Crippen LogP contribution in [0.25, 0.3) is 0 Å². The fraction of sp³-hybridized carbons (Fsp3) is 0.561. The standard InChI is InChI=1S/C57H79N11O8.2ClH/c1-32(58-9)48(69)65-46(56(3,4)5)54(75)67-30-38(26-44(67)52(73)63-42-23-15-19-34-17-11-13-21-40(34)42)61-50(71)36-25-37(29-60-28-36)51(72)62-39-27-45(53(74)64-43-24-16-20-35-18-12-14-22-41(35)43)68(31-39)55(76)47(57(6,7)8)66-49(70)33(2)59-10;;/h11-14,17-18,21-22,25,28-29,32-33,38-39,42-47,58-59H,15-16,19-20,23-24,26-27,30-31H2,1-10H3,(H,61,71)(H,62,72)(H,63,73)(H,64,74)(H,65,69)(H,66,70);2*1H/t32-,33-,38-,39-,42+,43+,44-,45?,46-,47-;;/m0../s1. The van der Waals surface area contributed by atoms with Gasteiger partial charge in [-0.15, -0.1) is 24.8 Å². The molecule has 19 nitrogen and oxygen atoms in total. The average molecular weight is 1120 g/mol. The predicted octanol–water partition coefficient (Wildman–Crippen LogP) is 3.99. The van der Waals surface area contributed by atoms with Crippen LogP contribution >= 0.6 is 24.8 Å². The third kappa shape index (κ3) is 14.7. The lowest BCUT2D eigenvalue weighted by Crippen LogP contribution is -2.59. The molecule has 426 valence electrons. The summed E-state index contributed by atoms with van der Waals surface area (Å²) in [6, 6.07) is 10.2. The zero-order valence-electron chi connectivity index (χ0n) is 46.6. The number of aromatic nitrogens is 1. The van der Waals surface area contributed by atoms with Crippen LogP contribution in [0.1, 0.15) is 149 Å². The summed E-state index contributed by atoms with van der Waals surface area (Å²) in [7, 11) is 3.30. The van der Waals surface area contributed by atoms with Crippen LogP contribution in [0.5, 0.6) is 0 Å². The summed E-state index contributed by atoms with van der Waals surface area (Å²) in [5.74, 6) is -3.60. The van der Waals surface area contributed by atoms with E-state index in [9.17, 15) is 38.4 Å². The molecule has 1 unspecified atom stereocenters. The number of aryl methyl sites for hydroxylation is 2. The third-order valence-corrected chi connectivity index (χ3v) is 15.5. The lowest BCUT2D eigenvalue weighted by molar-refractivity contribution is -0.144. The van der Waals surface area contributed by atoms with Gasteiger partial charge in [-0.05, 0) is 118 Å². The summed E-state index contributed by atoms with van der Waals surface area (Å²) >= 11 is 0. The van der Waals surface area contributed by atoms with Crippen molar-refractivity contribution in [2.45, 2.75) is 167 Å². The summed E-state index contributed by atoms with van der Waals surface area (Å²) in [4.78, 5) is 120. The van der Waals surface area contributed by atoms with Crippen LogP contribution in [0.2, 0.25) is 0 Å². The molecule has 2 aliphatic carbocycles. The van der Waals surface area contributed by atoms with Crippen LogP contribution in [0.4, 0.5) is 0 Å². The SMILES string of the molecule is CN[C@@H](C)C(=O)N[C@@H](C(=O)N1C[C@@H](NC(=O)c2cncc(C(=O)N[C@H]3C[C@@H](C(=O)N[C@@H]4CCCc5ccccc54)N(C(=O)[C@H](NC(=O)[C@H](C)NC)C(C)(C)C)C3)c2)CC1C(=O)N[C@@H]1CCCc2ccccc21)C(C)(C)C.Cl.Cl. The van der Waals surface area contributed by atoms with Crippen molar-refractivity contribution in [3.63, 3.8) is 0 Å². The van der Waals surface area contributed by atoms with Gasteiger partial charge < -0.3 is 52.3 Å². The Bertz CT molecular complexity index is 2500. The number of likely N-dealkylation sites (N-methyl/N-ethyl adjacent to an activating group) is 2. The number of hydrogen-bond donors (Lipinski definition) is 8. The van der Waals surface area contributed by atoms with Gasteiger partial charge in [0.15, 0.2) is 0 Å². The molecule has 3 heterocycles. The van der Waals surface area contributed by atoms with E-state index in [0.29, 0.717) is 0 Å². The normalized spacial score (nSPS) is 22.3. The molecule has 2 aromatic carbocycles. The number of likely N-dealkylation sites (tertiary alicyclic amines) is 2. The van der Waals surface area contributed by atoms with Gasteiger partial charge in [-0.25, -0.2) is 0 Å². The molecule has 0 bridgehead atoms. The molecule has 1 aromatic heterocycles. The number of benzene rings is 2. The minimum atomic E-state index is -1.01. The van der Waals surface area contributed by atoms with Crippen molar-refractivity contribution < 1.29 is 38.4 Å². The summed E-state index contributed by atoms with van der Waals surface area (Å²) < 4.78 is 0. The number of fused-ring (bicyclic) bond motifs is 2. The number of hydrogen-bond acceptors (Lipinski definition) is 11. The van der Waals surface area contributed by atoms with Crippen LogP contribution in [0, 0.1) is 10.8 Å². The first kappa shape index (κ1) is 62.7. The number of nitrogens with one attached hydrogen (secondary N) is 8. The molecule has 21 heteroatoms. The van der Waals surface area contributed by atoms with Crippen LogP contribution in [0.3, 0.4) is 0 Å². The maximum Gasteiger partial charge on any atom is 0.253 e. The first-order valence-corrected chi connectivity index (χ1v) is 26.9. The maximum atomic E-state index is 14.7. The molecular formula is C57H81Cl2N11O8. The number of halogens is 2. The first-order chi connectivity index (χ1) is 36.0. The van der Waals surface area contributed by atoms with Crippen molar-refractivity contribution in [2.24, 2.45) is 10.8 Å². The van der Waals surface area contributed by atoms with Gasteiger partial charge >= 0.3 is 0 Å². The summed E-state index contributed by atoms with van der Waals surface area (Å²) in [6.45, 7) is 14.3. The fourth-order valence-corrected chi connectivity index (χ4v) is 10.9. The van der Waals surface area contributed by atoms with Gasteiger partial charge in [0, 0.05) is 37.6 Å². The fourth-order valence-electron chi connectivity index (χ4n) is 10.9. The van der Waals surface area contributed by atoms with Crippen molar-refractivity contribution in [2.75, 3.05) is 27.2 Å². The van der Waals surface area contributed by atoms with Gasteiger partial charge in [0.25, 0.3) is 11.8 Å². The second-order valence-electron chi connectivity index (χ2n) is 23.2. The lowest BCUT2D eigenvalue weighted by Gasteiger charge is -2.36. The molecule has 2 saturated heterocycles. The van der Waals surface area contributed by atoms with E-state index in [1.807, 2.05) is 77.9 Å². The third-order valence-electron chi connectivity index (χ3n) is 15.5. The Morgan fingerprint density at radius 1 is 0.564 bits per heavy atom. The Labute approximate surface area is 471 Å². The van der Waals surface area contributed by atoms with Crippen LogP contribution < -0.4 is 42.5 Å². The quantitative estimate of drug-likeness (QED) is 0.102. The molecule has 2 aliphatic heterocycles. The van der Waals surface area contributed by atoms with Crippen molar-refractivity contribution in [1.29, 1.82) is 0 Å². The van der Waals surface area contributed by atoms with Crippen molar-refractivity contribution in [3.05, 3.63) is 100 Å². The number of pyridine rings is 1. The second kappa shape index (κ2) is 26.7. The van der Waals surface area contributed by atoms with Crippen LogP contribution in [0.15, 0.2) is 67.0 Å². The van der Waals surface area contributed by atoms with Gasteiger partial charge in [0.1, 0.15) is 24.2 Å². The number of amides is 8. The highest BCUT2D eigenvalue weighted by Gasteiger charge is 2.48. The number of rotatable bonds is 16. The highest BCUT2D eigenvalue weighted by molar-refractivity contribution is 6.00. The molecule has 8 amide bonds. The minimum Gasteiger partial charge on any atom is -0.347 e. The van der Waals surface area contributed by atoms with E-state index in [2.05, 4.69) is 59.7 Å². The molecule has 7 rings (SSSR count). The van der Waals surface area contributed by atoms with E-state index in [4.69, 9.17) is 0 Å². The van der Waals surface area contributed by atoms with E-state index >= 15 is 0 Å². The van der Waals surface area contributed by atoms with E-state index in [1.54, 1.807) is 27.9 Å². The smallest absolute Gasteiger partial charge is 0.253 e. The zero-order valence-corrected chi connectivity index (χ0v) is 48.3. The minimum absolute atomic E-state index is 0. The Balaban J connectivity index is 0.00000560. The topological polar surface area (TPSA) is 252 Å². The largest absolute Gasteiger partial charge is 0.347 e. The van der Waals surface area contributed by atoms with Gasteiger partial charge in [-0.2, -0.15) is 0 Å². The molecule has 0 saturated carbocycles. The molecular weight excluding hydrogens is 1040 g/mol. The Hall–Kier alpha value is -6.15. The lowest BCUT2D eigenvalue weighted by atomic mass is 9.85. The Morgan fingerprint density at radius 3 is 1.29 bits per heavy atom. The van der Waals surface area contributed by atoms with Gasteiger partial charge in [0.2, 0.25) is 35.4 Å². The molecule has 8 N–H and O–H groups in total. The van der Waals surface area contributed by atoms with Crippen molar-refractivity contribution in [1.82, 2.24) is 57.3 Å². The highest BCUT2D eigenvalue weighted by atomic mass is 35.5. The number of carbonyl (C=O) groups is 8.